The number of nitrogens with two attached hydrogens (primary N) is 1. The van der Waals surface area contributed by atoms with Gasteiger partial charge < -0.3 is 20.5 Å². The second-order valence-electron chi connectivity index (χ2n) is 5.81. The normalized spacial score (nSPS) is 10.6. The lowest BCUT2D eigenvalue weighted by atomic mass is 10.1. The van der Waals surface area contributed by atoms with Gasteiger partial charge in [0.1, 0.15) is 11.5 Å². The van der Waals surface area contributed by atoms with E-state index in [1.54, 1.807) is 7.11 Å². The fraction of sp³-hybridized carbons (Fsp3) is 0.400. The number of methoxy groups -OCH3 is 1. The van der Waals surface area contributed by atoms with Crippen LogP contribution in [0.1, 0.15) is 30.9 Å². The van der Waals surface area contributed by atoms with Gasteiger partial charge in [-0.25, -0.2) is 0 Å². The molecule has 0 unspecified atom stereocenters. The van der Waals surface area contributed by atoms with Crippen molar-refractivity contribution in [2.24, 2.45) is 0 Å². The van der Waals surface area contributed by atoms with E-state index in [1.165, 1.54) is 11.1 Å². The molecule has 0 radical (unpaired) electrons. The van der Waals surface area contributed by atoms with Gasteiger partial charge in [-0.3, -0.25) is 0 Å². The van der Waals surface area contributed by atoms with Crippen molar-refractivity contribution >= 4 is 5.69 Å². The number of aryl methyl sites for hydroxylation is 1. The quantitative estimate of drug-likeness (QED) is 0.515. The van der Waals surface area contributed by atoms with E-state index < -0.39 is 0 Å². The molecule has 0 saturated carbocycles. The maximum absolute atomic E-state index is 6.05. The average Bonchev–Trinajstić information content (AvgIpc) is 2.61. The van der Waals surface area contributed by atoms with Crippen LogP contribution in [-0.4, -0.2) is 20.3 Å². The predicted molar refractivity (Wildman–Crippen MR) is 99.7 cm³/mol. The Hall–Kier alpha value is -2.20. The first-order chi connectivity index (χ1) is 11.7. The molecule has 0 aliphatic rings. The third-order valence-electron chi connectivity index (χ3n) is 3.86. The molecule has 4 nitrogen and oxygen atoms in total. The summed E-state index contributed by atoms with van der Waals surface area (Å²) in [6, 6.07) is 14.2. The summed E-state index contributed by atoms with van der Waals surface area (Å²) >= 11 is 0. The monoisotopic (exact) mass is 328 g/mol. The van der Waals surface area contributed by atoms with Crippen molar-refractivity contribution in [2.75, 3.05) is 26.0 Å². The van der Waals surface area contributed by atoms with E-state index in [0.717, 1.165) is 49.5 Å². The number of rotatable bonds is 10. The Morgan fingerprint density at radius 2 is 1.92 bits per heavy atom. The van der Waals surface area contributed by atoms with Crippen molar-refractivity contribution in [3.63, 3.8) is 0 Å². The fourth-order valence-electron chi connectivity index (χ4n) is 2.59. The zero-order chi connectivity index (χ0) is 17.2. The predicted octanol–water partition coefficient (Wildman–Crippen LogP) is 3.79. The van der Waals surface area contributed by atoms with E-state index in [-0.39, 0.29) is 0 Å². The molecule has 0 aliphatic carbocycles. The molecule has 0 saturated heterocycles. The van der Waals surface area contributed by atoms with Gasteiger partial charge >= 0.3 is 0 Å². The van der Waals surface area contributed by atoms with Gasteiger partial charge in [-0.1, -0.05) is 31.2 Å². The van der Waals surface area contributed by atoms with Crippen molar-refractivity contribution in [2.45, 2.75) is 32.7 Å². The molecular weight excluding hydrogens is 300 g/mol. The molecule has 130 valence electrons. The zero-order valence-corrected chi connectivity index (χ0v) is 14.7. The van der Waals surface area contributed by atoms with Crippen molar-refractivity contribution in [1.82, 2.24) is 5.32 Å². The summed E-state index contributed by atoms with van der Waals surface area (Å²) in [5.41, 5.74) is 9.20. The summed E-state index contributed by atoms with van der Waals surface area (Å²) in [6.07, 6.45) is 3.04. The van der Waals surface area contributed by atoms with E-state index in [0.29, 0.717) is 6.61 Å². The highest BCUT2D eigenvalue weighted by Crippen LogP contribution is 2.23. The van der Waals surface area contributed by atoms with Gasteiger partial charge in [0.25, 0.3) is 0 Å². The van der Waals surface area contributed by atoms with Gasteiger partial charge in [0.15, 0.2) is 0 Å². The first-order valence-corrected chi connectivity index (χ1v) is 8.58. The van der Waals surface area contributed by atoms with Crippen LogP contribution in [0, 0.1) is 0 Å². The maximum Gasteiger partial charge on any atom is 0.142 e. The Morgan fingerprint density at radius 3 is 2.67 bits per heavy atom. The summed E-state index contributed by atoms with van der Waals surface area (Å²) in [5.74, 6) is 1.72. The van der Waals surface area contributed by atoms with Gasteiger partial charge in [0.05, 0.1) is 19.4 Å². The number of hydrogen-bond acceptors (Lipinski definition) is 4. The van der Waals surface area contributed by atoms with Gasteiger partial charge in [0.2, 0.25) is 0 Å². The van der Waals surface area contributed by atoms with E-state index in [9.17, 15) is 0 Å². The number of anilines is 1. The fourth-order valence-corrected chi connectivity index (χ4v) is 2.59. The second kappa shape index (κ2) is 9.83. The molecule has 0 bridgehead atoms. The van der Waals surface area contributed by atoms with Crippen molar-refractivity contribution in [3.8, 4) is 11.5 Å². The maximum atomic E-state index is 6.05. The van der Waals surface area contributed by atoms with Crippen LogP contribution in [0.15, 0.2) is 42.5 Å². The Balaban J connectivity index is 1.73. The number of nitrogens with one attached hydrogen (secondary N) is 1. The number of benzene rings is 2. The van der Waals surface area contributed by atoms with Crippen LogP contribution in [0.2, 0.25) is 0 Å². The number of ether oxygens (including phenoxy) is 2. The SMILES string of the molecule is CCCOc1ccc(CCCNCc2ccccc2OC)cc1N. The van der Waals surface area contributed by atoms with Crippen molar-refractivity contribution in [3.05, 3.63) is 53.6 Å². The summed E-state index contributed by atoms with van der Waals surface area (Å²) in [7, 11) is 1.71. The largest absolute Gasteiger partial charge is 0.496 e. The summed E-state index contributed by atoms with van der Waals surface area (Å²) in [4.78, 5) is 0. The lowest BCUT2D eigenvalue weighted by Crippen LogP contribution is -2.15. The van der Waals surface area contributed by atoms with Crippen LogP contribution < -0.4 is 20.5 Å². The van der Waals surface area contributed by atoms with Gasteiger partial charge in [-0.2, -0.15) is 0 Å². The van der Waals surface area contributed by atoms with Crippen LogP contribution in [0.4, 0.5) is 5.69 Å². The van der Waals surface area contributed by atoms with Crippen LogP contribution in [-0.2, 0) is 13.0 Å². The van der Waals surface area contributed by atoms with Gasteiger partial charge in [-0.15, -0.1) is 0 Å². The topological polar surface area (TPSA) is 56.5 Å². The number of para-hydroxylation sites is 1. The minimum Gasteiger partial charge on any atom is -0.496 e. The van der Waals surface area contributed by atoms with E-state index in [2.05, 4.69) is 24.4 Å². The van der Waals surface area contributed by atoms with Gasteiger partial charge in [-0.05, 0) is 49.6 Å². The Bertz CT molecular complexity index is 629. The smallest absolute Gasteiger partial charge is 0.142 e. The van der Waals surface area contributed by atoms with Crippen molar-refractivity contribution < 1.29 is 9.47 Å². The van der Waals surface area contributed by atoms with Crippen molar-refractivity contribution in [1.29, 1.82) is 0 Å². The van der Waals surface area contributed by atoms with E-state index in [1.807, 2.05) is 30.3 Å². The zero-order valence-electron chi connectivity index (χ0n) is 14.7. The highest BCUT2D eigenvalue weighted by Gasteiger charge is 2.03. The Morgan fingerprint density at radius 1 is 1.08 bits per heavy atom. The minimum atomic E-state index is 0.705. The molecule has 0 spiro atoms. The first kappa shape index (κ1) is 18.1. The lowest BCUT2D eigenvalue weighted by molar-refractivity contribution is 0.319. The molecule has 2 aromatic carbocycles. The standard InChI is InChI=1S/C20H28N2O2/c1-3-13-24-20-11-10-16(14-18(20)21)7-6-12-22-15-17-8-4-5-9-19(17)23-2/h4-5,8-11,14,22H,3,6-7,12-13,15,21H2,1-2H3. The average molecular weight is 328 g/mol. The lowest BCUT2D eigenvalue weighted by Gasteiger charge is -2.11. The third-order valence-corrected chi connectivity index (χ3v) is 3.86. The molecule has 2 rings (SSSR count). The number of nitrogen functional groups attached to an aromatic ring is 1. The summed E-state index contributed by atoms with van der Waals surface area (Å²) in [6.45, 7) is 4.56. The third kappa shape index (κ3) is 5.46. The van der Waals surface area contributed by atoms with Gasteiger partial charge in [0, 0.05) is 12.1 Å². The molecule has 0 atom stereocenters. The summed E-state index contributed by atoms with van der Waals surface area (Å²) in [5, 5.41) is 3.46. The second-order valence-corrected chi connectivity index (χ2v) is 5.81. The number of hydrogen-bond donors (Lipinski definition) is 2. The molecule has 0 aromatic heterocycles. The van der Waals surface area contributed by atoms with E-state index >= 15 is 0 Å². The van der Waals surface area contributed by atoms with Crippen LogP contribution in [0.5, 0.6) is 11.5 Å². The minimum absolute atomic E-state index is 0.705. The van der Waals surface area contributed by atoms with Crippen LogP contribution >= 0.6 is 0 Å². The highest BCUT2D eigenvalue weighted by molar-refractivity contribution is 5.54. The first-order valence-electron chi connectivity index (χ1n) is 8.58. The Labute approximate surface area is 145 Å². The van der Waals surface area contributed by atoms with Crippen LogP contribution in [0.25, 0.3) is 0 Å². The molecular formula is C20H28N2O2. The van der Waals surface area contributed by atoms with E-state index in [4.69, 9.17) is 15.2 Å². The molecule has 24 heavy (non-hydrogen) atoms. The molecule has 2 aromatic rings. The molecule has 0 amide bonds. The summed E-state index contributed by atoms with van der Waals surface area (Å²) < 4.78 is 11.0. The molecule has 4 heteroatoms. The molecule has 0 heterocycles. The molecule has 0 fully saturated rings. The molecule has 0 aliphatic heterocycles. The Kier molecular flexibility index (Phi) is 7.43. The van der Waals surface area contributed by atoms with Crippen LogP contribution in [0.3, 0.4) is 0 Å². The highest BCUT2D eigenvalue weighted by atomic mass is 16.5. The molecule has 3 N–H and O–H groups in total.